The lowest BCUT2D eigenvalue weighted by Crippen LogP contribution is -2.18. The molecular weight excluding hydrogens is 310 g/mol. The van der Waals surface area contributed by atoms with Crippen LogP contribution in [0.2, 0.25) is 0 Å². The number of nitriles is 1. The number of carbonyl (C=O) groups excluding carboxylic acids is 1. The Morgan fingerprint density at radius 1 is 1.12 bits per heavy atom. The van der Waals surface area contributed by atoms with E-state index in [2.05, 4.69) is 41.8 Å². The molecule has 0 bridgehead atoms. The van der Waals surface area contributed by atoms with Crippen molar-refractivity contribution in [3.63, 3.8) is 0 Å². The Bertz CT molecular complexity index is 814. The molecule has 0 radical (unpaired) electrons. The molecule has 4 heteroatoms. The van der Waals surface area contributed by atoms with Crippen LogP contribution in [0.5, 0.6) is 0 Å². The lowest BCUT2D eigenvalue weighted by atomic mass is 10.1. The van der Waals surface area contributed by atoms with Gasteiger partial charge in [-0.05, 0) is 49.9 Å². The van der Waals surface area contributed by atoms with Crippen LogP contribution in [0.4, 0.5) is 5.69 Å². The summed E-state index contributed by atoms with van der Waals surface area (Å²) < 4.78 is 0. The highest BCUT2D eigenvalue weighted by atomic mass is 16.1. The van der Waals surface area contributed by atoms with Crippen LogP contribution in [-0.2, 0) is 11.2 Å². The van der Waals surface area contributed by atoms with E-state index in [1.807, 2.05) is 38.1 Å². The van der Waals surface area contributed by atoms with Gasteiger partial charge >= 0.3 is 0 Å². The van der Waals surface area contributed by atoms with Gasteiger partial charge in [0.25, 0.3) is 5.91 Å². The number of anilines is 1. The zero-order chi connectivity index (χ0) is 18.2. The number of hydrogen-bond donors (Lipinski definition) is 2. The highest BCUT2D eigenvalue weighted by Crippen LogP contribution is 2.18. The van der Waals surface area contributed by atoms with E-state index in [9.17, 15) is 10.1 Å². The quantitative estimate of drug-likeness (QED) is 0.480. The van der Waals surface area contributed by atoms with Crippen LogP contribution in [0.1, 0.15) is 22.3 Å². The van der Waals surface area contributed by atoms with Gasteiger partial charge in [0, 0.05) is 18.4 Å². The van der Waals surface area contributed by atoms with E-state index >= 15 is 0 Å². The molecule has 2 aromatic rings. The lowest BCUT2D eigenvalue weighted by molar-refractivity contribution is -0.112. The van der Waals surface area contributed by atoms with Crippen molar-refractivity contribution in [2.24, 2.45) is 0 Å². The Morgan fingerprint density at radius 3 is 2.52 bits per heavy atom. The van der Waals surface area contributed by atoms with E-state index in [4.69, 9.17) is 0 Å². The van der Waals surface area contributed by atoms with E-state index in [0.29, 0.717) is 6.54 Å². The molecule has 1 amide bonds. The molecule has 0 aliphatic carbocycles. The maximum atomic E-state index is 12.3. The normalized spacial score (nSPS) is 10.9. The van der Waals surface area contributed by atoms with Crippen LogP contribution in [0.3, 0.4) is 0 Å². The first-order chi connectivity index (χ1) is 12.0. The van der Waals surface area contributed by atoms with Crippen LogP contribution in [0.15, 0.2) is 54.2 Å². The number of aryl methyl sites for hydroxylation is 2. The molecule has 2 N–H and O–H groups in total. The second-order valence-corrected chi connectivity index (χ2v) is 6.06. The summed E-state index contributed by atoms with van der Waals surface area (Å²) in [6.45, 7) is 6.64. The first kappa shape index (κ1) is 18.3. The summed E-state index contributed by atoms with van der Waals surface area (Å²) in [5, 5.41) is 15.1. The first-order valence-corrected chi connectivity index (χ1v) is 8.28. The molecule has 0 heterocycles. The molecule has 0 aliphatic rings. The number of rotatable bonds is 6. The van der Waals surface area contributed by atoms with E-state index in [-0.39, 0.29) is 5.57 Å². The summed E-state index contributed by atoms with van der Waals surface area (Å²) in [5.41, 5.74) is 5.32. The van der Waals surface area contributed by atoms with Gasteiger partial charge in [0.2, 0.25) is 0 Å². The molecule has 0 aliphatic heterocycles. The molecule has 2 rings (SSSR count). The SMILES string of the molecule is Cc1ccc(CCN/C=C(/C#N)C(=O)Nc2cccc(C)c2C)cc1. The van der Waals surface area contributed by atoms with Gasteiger partial charge in [0.1, 0.15) is 11.6 Å². The van der Waals surface area contributed by atoms with Gasteiger partial charge in [0.15, 0.2) is 0 Å². The van der Waals surface area contributed by atoms with Gasteiger partial charge in [-0.1, -0.05) is 42.0 Å². The first-order valence-electron chi connectivity index (χ1n) is 8.28. The van der Waals surface area contributed by atoms with Crippen molar-refractivity contribution in [3.05, 3.63) is 76.5 Å². The highest BCUT2D eigenvalue weighted by molar-refractivity contribution is 6.06. The van der Waals surface area contributed by atoms with Crippen molar-refractivity contribution in [3.8, 4) is 6.07 Å². The van der Waals surface area contributed by atoms with Crippen LogP contribution in [-0.4, -0.2) is 12.5 Å². The maximum Gasteiger partial charge on any atom is 0.267 e. The summed E-state index contributed by atoms with van der Waals surface area (Å²) in [4.78, 5) is 12.3. The average Bonchev–Trinajstić information content (AvgIpc) is 2.60. The highest BCUT2D eigenvalue weighted by Gasteiger charge is 2.11. The molecule has 0 spiro atoms. The molecule has 25 heavy (non-hydrogen) atoms. The van der Waals surface area contributed by atoms with Gasteiger partial charge in [-0.25, -0.2) is 0 Å². The third-order valence-corrected chi connectivity index (χ3v) is 4.14. The van der Waals surface area contributed by atoms with E-state index in [0.717, 1.165) is 23.2 Å². The van der Waals surface area contributed by atoms with Crippen molar-refractivity contribution >= 4 is 11.6 Å². The standard InChI is InChI=1S/C21H23N3O/c1-15-7-9-18(10-8-15)11-12-23-14-19(13-22)21(25)24-20-6-4-5-16(2)17(20)3/h4-10,14,23H,11-12H2,1-3H3,(H,24,25)/b19-14-. The predicted molar refractivity (Wildman–Crippen MR) is 101 cm³/mol. The second kappa shape index (κ2) is 8.70. The molecule has 0 saturated heterocycles. The second-order valence-electron chi connectivity index (χ2n) is 6.06. The zero-order valence-electron chi connectivity index (χ0n) is 14.9. The molecule has 0 fully saturated rings. The number of benzene rings is 2. The van der Waals surface area contributed by atoms with Crippen molar-refractivity contribution < 1.29 is 4.79 Å². The molecule has 128 valence electrons. The van der Waals surface area contributed by atoms with E-state index in [1.165, 1.54) is 17.3 Å². The lowest BCUT2D eigenvalue weighted by Gasteiger charge is -2.10. The minimum absolute atomic E-state index is 0.0600. The smallest absolute Gasteiger partial charge is 0.267 e. The predicted octanol–water partition coefficient (Wildman–Crippen LogP) is 3.79. The summed E-state index contributed by atoms with van der Waals surface area (Å²) in [7, 11) is 0. The topological polar surface area (TPSA) is 64.9 Å². The molecule has 4 nitrogen and oxygen atoms in total. The Balaban J connectivity index is 1.92. The molecule has 0 atom stereocenters. The average molecular weight is 333 g/mol. The fraction of sp³-hybridized carbons (Fsp3) is 0.238. The molecule has 0 unspecified atom stereocenters. The summed E-state index contributed by atoms with van der Waals surface area (Å²) in [5.74, 6) is -0.404. The summed E-state index contributed by atoms with van der Waals surface area (Å²) in [6, 6.07) is 16.0. The fourth-order valence-electron chi connectivity index (χ4n) is 2.37. The van der Waals surface area contributed by atoms with Gasteiger partial charge in [0.05, 0.1) is 0 Å². The van der Waals surface area contributed by atoms with Gasteiger partial charge in [-0.15, -0.1) is 0 Å². The summed E-state index contributed by atoms with van der Waals surface area (Å²) in [6.07, 6.45) is 2.31. The van der Waals surface area contributed by atoms with Crippen molar-refractivity contribution in [2.45, 2.75) is 27.2 Å². The zero-order valence-corrected chi connectivity index (χ0v) is 14.9. The number of nitrogens with zero attached hydrogens (tertiary/aromatic N) is 1. The Kier molecular flexibility index (Phi) is 6.36. The number of amides is 1. The van der Waals surface area contributed by atoms with Crippen molar-refractivity contribution in [1.29, 1.82) is 5.26 Å². The van der Waals surface area contributed by atoms with Crippen molar-refractivity contribution in [1.82, 2.24) is 5.32 Å². The van der Waals surface area contributed by atoms with Gasteiger partial charge in [-0.2, -0.15) is 5.26 Å². The molecule has 0 aromatic heterocycles. The van der Waals surface area contributed by atoms with Gasteiger partial charge in [-0.3, -0.25) is 4.79 Å². The maximum absolute atomic E-state index is 12.3. The minimum Gasteiger partial charge on any atom is -0.389 e. The Morgan fingerprint density at radius 2 is 1.84 bits per heavy atom. The molecular formula is C21H23N3O. The molecule has 0 saturated carbocycles. The van der Waals surface area contributed by atoms with Crippen LogP contribution in [0, 0.1) is 32.1 Å². The number of nitrogens with one attached hydrogen (secondary N) is 2. The largest absolute Gasteiger partial charge is 0.389 e. The monoisotopic (exact) mass is 333 g/mol. The van der Waals surface area contributed by atoms with E-state index in [1.54, 1.807) is 0 Å². The molecule has 2 aromatic carbocycles. The van der Waals surface area contributed by atoms with Crippen LogP contribution < -0.4 is 10.6 Å². The van der Waals surface area contributed by atoms with Crippen LogP contribution in [0.25, 0.3) is 0 Å². The number of hydrogen-bond acceptors (Lipinski definition) is 3. The third-order valence-electron chi connectivity index (χ3n) is 4.14. The summed E-state index contributed by atoms with van der Waals surface area (Å²) >= 11 is 0. The minimum atomic E-state index is -0.404. The fourth-order valence-corrected chi connectivity index (χ4v) is 2.37. The Hall–Kier alpha value is -3.06. The third kappa shape index (κ3) is 5.22. The van der Waals surface area contributed by atoms with E-state index < -0.39 is 5.91 Å². The number of carbonyl (C=O) groups is 1. The van der Waals surface area contributed by atoms with Crippen molar-refractivity contribution in [2.75, 3.05) is 11.9 Å². The Labute approximate surface area is 149 Å². The van der Waals surface area contributed by atoms with Crippen LogP contribution >= 0.6 is 0 Å². The van der Waals surface area contributed by atoms with Gasteiger partial charge < -0.3 is 10.6 Å².